The van der Waals surface area contributed by atoms with Crippen LogP contribution >= 0.6 is 0 Å². The molecule has 2 N–H and O–H groups in total. The van der Waals surface area contributed by atoms with Gasteiger partial charge in [-0.3, -0.25) is 0 Å². The predicted molar refractivity (Wildman–Crippen MR) is 72.5 cm³/mol. The molecule has 4 nitrogen and oxygen atoms in total. The van der Waals surface area contributed by atoms with Crippen molar-refractivity contribution >= 4 is 0 Å². The summed E-state index contributed by atoms with van der Waals surface area (Å²) in [5, 5.41) is 13.4. The summed E-state index contributed by atoms with van der Waals surface area (Å²) < 4.78 is 10.6. The third kappa shape index (κ3) is 2.63. The first-order valence-corrected chi connectivity index (χ1v) is 6.99. The number of phenolic OH excluding ortho intramolecular Hbond substituents is 1. The van der Waals surface area contributed by atoms with Gasteiger partial charge in [0.05, 0.1) is 0 Å². The fraction of sp³-hybridized carbons (Fsp3) is 0.600. The van der Waals surface area contributed by atoms with Crippen LogP contribution in [0.1, 0.15) is 38.2 Å². The third-order valence-electron chi connectivity index (χ3n) is 4.25. The van der Waals surface area contributed by atoms with E-state index in [0.717, 1.165) is 17.9 Å². The monoisotopic (exact) mass is 263 g/mol. The van der Waals surface area contributed by atoms with E-state index in [1.54, 1.807) is 6.07 Å². The molecular formula is C15H21NO3. The number of aromatic hydroxyl groups is 1. The summed E-state index contributed by atoms with van der Waals surface area (Å²) in [7, 11) is 0. The highest BCUT2D eigenvalue weighted by Crippen LogP contribution is 2.38. The van der Waals surface area contributed by atoms with E-state index in [1.165, 1.54) is 25.7 Å². The molecule has 3 rings (SSSR count). The van der Waals surface area contributed by atoms with E-state index < -0.39 is 0 Å². The van der Waals surface area contributed by atoms with Crippen LogP contribution in [0.2, 0.25) is 0 Å². The summed E-state index contributed by atoms with van der Waals surface area (Å²) in [6.45, 7) is 4.25. The average molecular weight is 263 g/mol. The summed E-state index contributed by atoms with van der Waals surface area (Å²) in [5.41, 5.74) is 1.29. The number of nitrogens with one attached hydrogen (secondary N) is 1. The zero-order chi connectivity index (χ0) is 13.3. The van der Waals surface area contributed by atoms with E-state index in [-0.39, 0.29) is 12.5 Å². The molecule has 1 aliphatic carbocycles. The summed E-state index contributed by atoms with van der Waals surface area (Å²) >= 11 is 0. The minimum absolute atomic E-state index is 0.240. The smallest absolute Gasteiger partial charge is 0.231 e. The first-order valence-electron chi connectivity index (χ1n) is 6.99. The molecule has 0 atom stereocenters. The lowest BCUT2D eigenvalue weighted by molar-refractivity contribution is 0.174. The molecule has 4 heteroatoms. The predicted octanol–water partition coefficient (Wildman–Crippen LogP) is 2.79. The second-order valence-electron chi connectivity index (χ2n) is 5.96. The molecule has 0 saturated heterocycles. The average Bonchev–Trinajstić information content (AvgIpc) is 2.98. The van der Waals surface area contributed by atoms with Crippen LogP contribution in [-0.2, 0) is 6.54 Å². The van der Waals surface area contributed by atoms with Crippen LogP contribution in [0.5, 0.6) is 17.2 Å². The number of ether oxygens (including phenoxy) is 2. The number of benzene rings is 1. The first-order chi connectivity index (χ1) is 9.16. The van der Waals surface area contributed by atoms with Crippen molar-refractivity contribution in [2.75, 3.05) is 13.3 Å². The van der Waals surface area contributed by atoms with E-state index in [2.05, 4.69) is 12.2 Å². The van der Waals surface area contributed by atoms with Crippen molar-refractivity contribution in [2.45, 2.75) is 39.2 Å². The van der Waals surface area contributed by atoms with Crippen molar-refractivity contribution < 1.29 is 14.6 Å². The third-order valence-corrected chi connectivity index (χ3v) is 4.25. The summed E-state index contributed by atoms with van der Waals surface area (Å²) in [6, 6.07) is 3.50. The van der Waals surface area contributed by atoms with Crippen molar-refractivity contribution in [2.24, 2.45) is 5.41 Å². The van der Waals surface area contributed by atoms with Gasteiger partial charge >= 0.3 is 0 Å². The normalized spacial score (nSPS) is 19.8. The van der Waals surface area contributed by atoms with E-state index in [1.807, 2.05) is 6.07 Å². The maximum absolute atomic E-state index is 9.96. The van der Waals surface area contributed by atoms with Gasteiger partial charge in [-0.05, 0) is 24.3 Å². The highest BCUT2D eigenvalue weighted by Gasteiger charge is 2.28. The van der Waals surface area contributed by atoms with Gasteiger partial charge in [0.1, 0.15) is 5.75 Å². The molecule has 1 saturated carbocycles. The molecule has 1 aromatic rings. The Balaban J connectivity index is 1.61. The van der Waals surface area contributed by atoms with Crippen molar-refractivity contribution in [1.29, 1.82) is 0 Å². The second-order valence-corrected chi connectivity index (χ2v) is 5.96. The standard InChI is InChI=1S/C15H21NO3/c1-15(4-2-3-5-15)9-16-8-11-6-13-14(7-12(11)17)19-10-18-13/h6-7,16-17H,2-5,8-10H2,1H3. The molecule has 1 heterocycles. The van der Waals surface area contributed by atoms with Crippen LogP contribution in [0, 0.1) is 5.41 Å². The summed E-state index contributed by atoms with van der Waals surface area (Å²) in [5.74, 6) is 1.62. The Hall–Kier alpha value is -1.42. The van der Waals surface area contributed by atoms with Crippen molar-refractivity contribution in [3.8, 4) is 17.2 Å². The molecular weight excluding hydrogens is 242 g/mol. The van der Waals surface area contributed by atoms with Gasteiger partial charge in [0.25, 0.3) is 0 Å². The maximum atomic E-state index is 9.96. The molecule has 0 aromatic heterocycles. The Bertz CT molecular complexity index is 467. The largest absolute Gasteiger partial charge is 0.507 e. The van der Waals surface area contributed by atoms with Gasteiger partial charge < -0.3 is 19.9 Å². The lowest BCUT2D eigenvalue weighted by Crippen LogP contribution is -2.29. The molecule has 0 amide bonds. The van der Waals surface area contributed by atoms with Gasteiger partial charge in [0.2, 0.25) is 6.79 Å². The fourth-order valence-electron chi connectivity index (χ4n) is 3.02. The van der Waals surface area contributed by atoms with Gasteiger partial charge in [0, 0.05) is 24.7 Å². The molecule has 2 aliphatic rings. The van der Waals surface area contributed by atoms with Crippen LogP contribution in [0.25, 0.3) is 0 Å². The number of hydrogen-bond donors (Lipinski definition) is 2. The van der Waals surface area contributed by atoms with E-state index in [9.17, 15) is 5.11 Å². The topological polar surface area (TPSA) is 50.7 Å². The molecule has 0 unspecified atom stereocenters. The number of phenols is 1. The quantitative estimate of drug-likeness (QED) is 0.877. The van der Waals surface area contributed by atoms with Gasteiger partial charge in [-0.2, -0.15) is 0 Å². The van der Waals surface area contributed by atoms with Crippen LogP contribution in [-0.4, -0.2) is 18.4 Å². The van der Waals surface area contributed by atoms with Gasteiger partial charge in [-0.1, -0.05) is 19.8 Å². The summed E-state index contributed by atoms with van der Waals surface area (Å²) in [6.07, 6.45) is 5.28. The Morgan fingerprint density at radius 2 is 1.89 bits per heavy atom. The van der Waals surface area contributed by atoms with Gasteiger partial charge in [0.15, 0.2) is 11.5 Å². The SMILES string of the molecule is CC1(CNCc2cc3c(cc2O)OCO3)CCCC1. The van der Waals surface area contributed by atoms with Crippen LogP contribution in [0.15, 0.2) is 12.1 Å². The van der Waals surface area contributed by atoms with E-state index >= 15 is 0 Å². The summed E-state index contributed by atoms with van der Waals surface area (Å²) in [4.78, 5) is 0. The Kier molecular flexibility index (Phi) is 3.27. The Labute approximate surface area is 113 Å². The molecule has 19 heavy (non-hydrogen) atoms. The zero-order valence-corrected chi connectivity index (χ0v) is 11.4. The van der Waals surface area contributed by atoms with Crippen LogP contribution in [0.3, 0.4) is 0 Å². The molecule has 0 bridgehead atoms. The number of hydrogen-bond acceptors (Lipinski definition) is 4. The first kappa shape index (κ1) is 12.6. The van der Waals surface area contributed by atoms with E-state index in [4.69, 9.17) is 9.47 Å². The minimum Gasteiger partial charge on any atom is -0.507 e. The van der Waals surface area contributed by atoms with Crippen molar-refractivity contribution in [3.63, 3.8) is 0 Å². The van der Waals surface area contributed by atoms with Gasteiger partial charge in [-0.25, -0.2) is 0 Å². The Morgan fingerprint density at radius 1 is 1.21 bits per heavy atom. The van der Waals surface area contributed by atoms with Crippen LogP contribution in [0.4, 0.5) is 0 Å². The lowest BCUT2D eigenvalue weighted by Gasteiger charge is -2.24. The highest BCUT2D eigenvalue weighted by atomic mass is 16.7. The molecule has 1 aromatic carbocycles. The van der Waals surface area contributed by atoms with E-state index in [0.29, 0.717) is 17.7 Å². The maximum Gasteiger partial charge on any atom is 0.231 e. The Morgan fingerprint density at radius 3 is 2.63 bits per heavy atom. The molecule has 104 valence electrons. The lowest BCUT2D eigenvalue weighted by atomic mass is 9.89. The second kappa shape index (κ2) is 4.93. The van der Waals surface area contributed by atoms with Crippen molar-refractivity contribution in [1.82, 2.24) is 5.32 Å². The van der Waals surface area contributed by atoms with Gasteiger partial charge in [-0.15, -0.1) is 0 Å². The molecule has 0 radical (unpaired) electrons. The molecule has 1 fully saturated rings. The number of fused-ring (bicyclic) bond motifs is 1. The minimum atomic E-state index is 0.240. The zero-order valence-electron chi connectivity index (χ0n) is 11.4. The highest BCUT2D eigenvalue weighted by molar-refractivity contribution is 5.51. The molecule has 0 spiro atoms. The van der Waals surface area contributed by atoms with Crippen LogP contribution < -0.4 is 14.8 Å². The molecule has 1 aliphatic heterocycles. The fourth-order valence-corrected chi connectivity index (χ4v) is 3.02. The number of rotatable bonds is 4. The van der Waals surface area contributed by atoms with Crippen molar-refractivity contribution in [3.05, 3.63) is 17.7 Å².